The van der Waals surface area contributed by atoms with Gasteiger partial charge in [-0.1, -0.05) is 6.07 Å². The molecule has 2 aromatic heterocycles. The van der Waals surface area contributed by atoms with Crippen molar-refractivity contribution in [2.24, 2.45) is 5.73 Å². The van der Waals surface area contributed by atoms with E-state index in [0.29, 0.717) is 6.61 Å². The van der Waals surface area contributed by atoms with Crippen LogP contribution in [0.15, 0.2) is 36.0 Å². The molecule has 0 saturated carbocycles. The van der Waals surface area contributed by atoms with Gasteiger partial charge in [0.25, 0.3) is 0 Å². The minimum Gasteiger partial charge on any atom is -0.497 e. The summed E-state index contributed by atoms with van der Waals surface area (Å²) in [5, 5.41) is 2.00. The van der Waals surface area contributed by atoms with Crippen LogP contribution >= 0.6 is 11.3 Å². The van der Waals surface area contributed by atoms with Gasteiger partial charge in [0.1, 0.15) is 18.1 Å². The first-order valence-corrected chi connectivity index (χ1v) is 7.52. The molecule has 3 rings (SSSR count). The average molecular weight is 303 g/mol. The molecule has 0 spiro atoms. The molecule has 0 bridgehead atoms. The molecule has 2 heterocycles. The number of imidazole rings is 1. The molecule has 3 aromatic rings. The van der Waals surface area contributed by atoms with Crippen molar-refractivity contribution in [1.29, 1.82) is 0 Å². The summed E-state index contributed by atoms with van der Waals surface area (Å²) >= 11 is 1.60. The lowest BCUT2D eigenvalue weighted by Crippen LogP contribution is -2.08. The van der Waals surface area contributed by atoms with Crippen LogP contribution in [0.2, 0.25) is 0 Å². The lowest BCUT2D eigenvalue weighted by atomic mass is 10.1. The Morgan fingerprint density at radius 3 is 3.00 bits per heavy atom. The van der Waals surface area contributed by atoms with Crippen LogP contribution in [0, 0.1) is 0 Å². The molecule has 0 saturated heterocycles. The summed E-state index contributed by atoms with van der Waals surface area (Å²) in [5.74, 6) is 1.49. The van der Waals surface area contributed by atoms with E-state index in [4.69, 9.17) is 15.2 Å². The molecule has 6 heteroatoms. The lowest BCUT2D eigenvalue weighted by Gasteiger charge is -2.14. The van der Waals surface area contributed by atoms with Crippen LogP contribution in [0.5, 0.6) is 11.5 Å². The van der Waals surface area contributed by atoms with Gasteiger partial charge in [-0.05, 0) is 13.0 Å². The molecule has 0 aliphatic heterocycles. The number of nitrogens with zero attached hydrogens (tertiary/aromatic N) is 2. The highest BCUT2D eigenvalue weighted by Gasteiger charge is 2.11. The standard InChI is InChI=1S/C15H17N3O2S/c1-10(16)13-4-3-12(19-2)7-14(13)20-9-11-8-18-5-6-21-15(18)17-11/h3-8,10H,9,16H2,1-2H3/t10-/m0/s1. The number of ether oxygens (including phenoxy) is 2. The van der Waals surface area contributed by atoms with Crippen LogP contribution in [0.4, 0.5) is 0 Å². The van der Waals surface area contributed by atoms with Gasteiger partial charge in [-0.2, -0.15) is 0 Å². The molecular formula is C15H17N3O2S. The van der Waals surface area contributed by atoms with E-state index in [0.717, 1.165) is 27.7 Å². The molecule has 0 aliphatic carbocycles. The van der Waals surface area contributed by atoms with Crippen LogP contribution in [0.1, 0.15) is 24.2 Å². The van der Waals surface area contributed by atoms with Crippen LogP contribution in [-0.4, -0.2) is 16.5 Å². The number of thiazole rings is 1. The molecular weight excluding hydrogens is 286 g/mol. The van der Waals surface area contributed by atoms with Crippen molar-refractivity contribution < 1.29 is 9.47 Å². The molecule has 0 radical (unpaired) electrons. The molecule has 0 aliphatic rings. The van der Waals surface area contributed by atoms with E-state index >= 15 is 0 Å². The van der Waals surface area contributed by atoms with Crippen molar-refractivity contribution in [1.82, 2.24) is 9.38 Å². The van der Waals surface area contributed by atoms with Crippen molar-refractivity contribution in [3.05, 3.63) is 47.2 Å². The highest BCUT2D eigenvalue weighted by atomic mass is 32.1. The van der Waals surface area contributed by atoms with Gasteiger partial charge in [0.05, 0.1) is 12.8 Å². The molecule has 21 heavy (non-hydrogen) atoms. The van der Waals surface area contributed by atoms with Gasteiger partial charge in [0, 0.05) is 35.4 Å². The van der Waals surface area contributed by atoms with Crippen molar-refractivity contribution in [2.45, 2.75) is 19.6 Å². The normalized spacial score (nSPS) is 12.5. The Bertz CT molecular complexity index is 720. The van der Waals surface area contributed by atoms with Gasteiger partial charge in [-0.3, -0.25) is 4.40 Å². The van der Waals surface area contributed by atoms with E-state index < -0.39 is 0 Å². The first-order valence-electron chi connectivity index (χ1n) is 6.65. The second kappa shape index (κ2) is 5.75. The van der Waals surface area contributed by atoms with Gasteiger partial charge in [-0.15, -0.1) is 11.3 Å². The van der Waals surface area contributed by atoms with E-state index in [1.807, 2.05) is 47.3 Å². The molecule has 5 nitrogen and oxygen atoms in total. The Morgan fingerprint density at radius 2 is 2.29 bits per heavy atom. The van der Waals surface area contributed by atoms with E-state index in [2.05, 4.69) is 4.98 Å². The zero-order chi connectivity index (χ0) is 14.8. The predicted octanol–water partition coefficient (Wildman–Crippen LogP) is 3.00. The highest BCUT2D eigenvalue weighted by molar-refractivity contribution is 7.15. The fourth-order valence-electron chi connectivity index (χ4n) is 2.14. The SMILES string of the molecule is COc1ccc([C@H](C)N)c(OCc2cn3ccsc3n2)c1. The molecule has 0 amide bonds. The fraction of sp³-hybridized carbons (Fsp3) is 0.267. The summed E-state index contributed by atoms with van der Waals surface area (Å²) in [6.07, 6.45) is 3.95. The van der Waals surface area contributed by atoms with Crippen molar-refractivity contribution in [3.8, 4) is 11.5 Å². The van der Waals surface area contributed by atoms with Gasteiger partial charge >= 0.3 is 0 Å². The summed E-state index contributed by atoms with van der Waals surface area (Å²) in [6.45, 7) is 2.34. The first kappa shape index (κ1) is 13.9. The van der Waals surface area contributed by atoms with E-state index in [9.17, 15) is 0 Å². The van der Waals surface area contributed by atoms with E-state index in [1.54, 1.807) is 18.4 Å². The topological polar surface area (TPSA) is 61.8 Å². The smallest absolute Gasteiger partial charge is 0.193 e. The molecule has 110 valence electrons. The Hall–Kier alpha value is -2.05. The zero-order valence-corrected chi connectivity index (χ0v) is 12.8. The number of hydrogen-bond acceptors (Lipinski definition) is 5. The Balaban J connectivity index is 1.81. The minimum atomic E-state index is -0.101. The Labute approximate surface area is 126 Å². The molecule has 1 atom stereocenters. The van der Waals surface area contributed by atoms with E-state index in [-0.39, 0.29) is 6.04 Å². The van der Waals surface area contributed by atoms with Crippen LogP contribution in [0.25, 0.3) is 4.96 Å². The van der Waals surface area contributed by atoms with Gasteiger partial charge in [-0.25, -0.2) is 4.98 Å². The third kappa shape index (κ3) is 2.86. The molecule has 2 N–H and O–H groups in total. The number of aromatic nitrogens is 2. The fourth-order valence-corrected chi connectivity index (χ4v) is 2.86. The quantitative estimate of drug-likeness (QED) is 0.787. The average Bonchev–Trinajstić information content (AvgIpc) is 3.05. The van der Waals surface area contributed by atoms with Crippen molar-refractivity contribution in [2.75, 3.05) is 7.11 Å². The first-order chi connectivity index (χ1) is 10.2. The second-order valence-corrected chi connectivity index (χ2v) is 5.68. The number of fused-ring (bicyclic) bond motifs is 1. The summed E-state index contributed by atoms with van der Waals surface area (Å²) in [5.41, 5.74) is 7.83. The van der Waals surface area contributed by atoms with Gasteiger partial charge < -0.3 is 15.2 Å². The Morgan fingerprint density at radius 1 is 1.43 bits per heavy atom. The number of benzene rings is 1. The maximum atomic E-state index is 5.98. The third-order valence-electron chi connectivity index (χ3n) is 3.23. The second-order valence-electron chi connectivity index (χ2n) is 4.81. The highest BCUT2D eigenvalue weighted by Crippen LogP contribution is 2.29. The van der Waals surface area contributed by atoms with Crippen LogP contribution < -0.4 is 15.2 Å². The summed E-state index contributed by atoms with van der Waals surface area (Å²) < 4.78 is 13.1. The number of methoxy groups -OCH3 is 1. The minimum absolute atomic E-state index is 0.101. The maximum Gasteiger partial charge on any atom is 0.193 e. The monoisotopic (exact) mass is 303 g/mol. The Kier molecular flexibility index (Phi) is 3.81. The molecule has 0 unspecified atom stereocenters. The van der Waals surface area contributed by atoms with Crippen molar-refractivity contribution in [3.63, 3.8) is 0 Å². The number of nitrogens with two attached hydrogens (primary N) is 1. The summed E-state index contributed by atoms with van der Waals surface area (Å²) in [4.78, 5) is 5.46. The van der Waals surface area contributed by atoms with Crippen molar-refractivity contribution >= 4 is 16.3 Å². The molecule has 1 aromatic carbocycles. The van der Waals surface area contributed by atoms with Gasteiger partial charge in [0.2, 0.25) is 0 Å². The van der Waals surface area contributed by atoms with Gasteiger partial charge in [0.15, 0.2) is 4.96 Å². The predicted molar refractivity (Wildman–Crippen MR) is 83.0 cm³/mol. The van der Waals surface area contributed by atoms with E-state index in [1.165, 1.54) is 0 Å². The van der Waals surface area contributed by atoms with Crippen LogP contribution in [-0.2, 0) is 6.61 Å². The maximum absolute atomic E-state index is 5.98. The summed E-state index contributed by atoms with van der Waals surface area (Å²) in [7, 11) is 1.63. The number of hydrogen-bond donors (Lipinski definition) is 1. The largest absolute Gasteiger partial charge is 0.497 e. The van der Waals surface area contributed by atoms with Crippen LogP contribution in [0.3, 0.4) is 0 Å². The molecule has 0 fully saturated rings. The number of rotatable bonds is 5. The zero-order valence-electron chi connectivity index (χ0n) is 11.9. The summed E-state index contributed by atoms with van der Waals surface area (Å²) in [6, 6.07) is 5.58. The third-order valence-corrected chi connectivity index (χ3v) is 4.00. The lowest BCUT2D eigenvalue weighted by molar-refractivity contribution is 0.295.